The molecule has 0 saturated carbocycles. The molecule has 1 heterocycles. The summed E-state index contributed by atoms with van der Waals surface area (Å²) in [6, 6.07) is 21.9. The van der Waals surface area contributed by atoms with Crippen LogP contribution in [0.4, 0.5) is 5.69 Å². The fourth-order valence-electron chi connectivity index (χ4n) is 4.42. The molecule has 11 heteroatoms. The summed E-state index contributed by atoms with van der Waals surface area (Å²) in [6.45, 7) is 3.02. The highest BCUT2D eigenvalue weighted by Crippen LogP contribution is 2.45. The first-order chi connectivity index (χ1) is 19.5. The second-order valence-corrected chi connectivity index (χ2v) is 10.0. The Balaban J connectivity index is 1.83. The molecule has 0 aliphatic carbocycles. The van der Waals surface area contributed by atoms with E-state index in [1.807, 2.05) is 49.4 Å². The maximum absolute atomic E-state index is 14.1. The molecule has 4 rings (SSSR count). The van der Waals surface area contributed by atoms with E-state index in [0.29, 0.717) is 42.1 Å². The lowest BCUT2D eigenvalue weighted by Crippen LogP contribution is -2.54. The number of aliphatic hydroxyl groups excluding tert-OH is 1. The van der Waals surface area contributed by atoms with Gasteiger partial charge in [0.15, 0.2) is 11.6 Å². The molecule has 208 valence electrons. The van der Waals surface area contributed by atoms with Gasteiger partial charge < -0.3 is 14.6 Å². The van der Waals surface area contributed by atoms with Crippen molar-refractivity contribution in [2.24, 2.45) is 10.1 Å². The molecule has 0 bridgehead atoms. The van der Waals surface area contributed by atoms with Gasteiger partial charge in [-0.15, -0.1) is 0 Å². The van der Waals surface area contributed by atoms with E-state index in [-0.39, 0.29) is 24.8 Å². The molecule has 0 radical (unpaired) electrons. The Labute approximate surface area is 241 Å². The second kappa shape index (κ2) is 14.0. The second-order valence-electron chi connectivity index (χ2n) is 9.19. The molecule has 0 unspecified atom stereocenters. The average molecular weight is 608 g/mol. The van der Waals surface area contributed by atoms with E-state index >= 15 is 0 Å². The van der Waals surface area contributed by atoms with Gasteiger partial charge >= 0.3 is 0 Å². The number of hydrazine groups is 1. The average Bonchev–Trinajstić information content (AvgIpc) is 3.35. The minimum absolute atomic E-state index is 0.0518. The van der Waals surface area contributed by atoms with E-state index in [2.05, 4.69) is 36.8 Å². The van der Waals surface area contributed by atoms with E-state index in [9.17, 15) is 10.3 Å². The number of hydrogen-bond donors (Lipinski definition) is 3. The van der Waals surface area contributed by atoms with Gasteiger partial charge in [0.2, 0.25) is 5.90 Å². The largest absolute Gasteiger partial charge is 0.494 e. The highest BCUT2D eigenvalue weighted by Gasteiger charge is 2.54. The Morgan fingerprint density at radius 2 is 1.93 bits per heavy atom. The number of rotatable bonds is 13. The highest BCUT2D eigenvalue weighted by atomic mass is 79.9. The molecule has 3 N–H and O–H groups in total. The monoisotopic (exact) mass is 606 g/mol. The van der Waals surface area contributed by atoms with Crippen molar-refractivity contribution in [1.29, 1.82) is 0 Å². The Bertz CT molecular complexity index is 1390. The van der Waals surface area contributed by atoms with E-state index < -0.39 is 11.6 Å². The molecule has 1 aliphatic rings. The summed E-state index contributed by atoms with van der Waals surface area (Å²) in [7, 11) is 0. The summed E-state index contributed by atoms with van der Waals surface area (Å²) < 4.78 is 13.0. The molecule has 0 aromatic heterocycles. The van der Waals surface area contributed by atoms with Crippen molar-refractivity contribution >= 4 is 33.4 Å². The van der Waals surface area contributed by atoms with Crippen LogP contribution in [-0.4, -0.2) is 42.2 Å². The standard InChI is InChI=1S/C29H31BrN6O4/c1-2-16-32-35-28(38)29(19-21-8-3-5-10-24(21)30)26(23-9-4-6-11-25(23)34-36-31)40-27(33-29)20-12-14-22(15-13-20)39-18-7-17-37/h3-6,8-15,26,32,37H,2,7,16-19H2,1H3,(H,35,38)/t26-,29-/m0/s1. The van der Waals surface area contributed by atoms with Crippen molar-refractivity contribution in [3.05, 3.63) is 104 Å². The van der Waals surface area contributed by atoms with Gasteiger partial charge in [-0.1, -0.05) is 70.4 Å². The third kappa shape index (κ3) is 6.63. The van der Waals surface area contributed by atoms with E-state index in [4.69, 9.17) is 19.6 Å². The zero-order valence-electron chi connectivity index (χ0n) is 22.1. The maximum atomic E-state index is 14.1. The van der Waals surface area contributed by atoms with Crippen molar-refractivity contribution in [3.63, 3.8) is 0 Å². The van der Waals surface area contributed by atoms with Gasteiger partial charge in [0.05, 0.1) is 6.61 Å². The van der Waals surface area contributed by atoms with Crippen LogP contribution in [0.3, 0.4) is 0 Å². The van der Waals surface area contributed by atoms with Crippen molar-refractivity contribution in [3.8, 4) is 5.75 Å². The lowest BCUT2D eigenvalue weighted by molar-refractivity contribution is -0.130. The predicted molar refractivity (Wildman–Crippen MR) is 156 cm³/mol. The normalized spacial score (nSPS) is 17.9. The van der Waals surface area contributed by atoms with E-state index in [1.165, 1.54) is 0 Å². The number of aliphatic imine (C=N–C) groups is 1. The Morgan fingerprint density at radius 3 is 2.65 bits per heavy atom. The Morgan fingerprint density at radius 1 is 1.18 bits per heavy atom. The van der Waals surface area contributed by atoms with Crippen molar-refractivity contribution in [2.45, 2.75) is 37.8 Å². The first kappa shape index (κ1) is 29.1. The molecule has 10 nitrogen and oxygen atoms in total. The van der Waals surface area contributed by atoms with Gasteiger partial charge in [-0.3, -0.25) is 10.2 Å². The number of benzene rings is 3. The number of carbonyl (C=O) groups is 1. The number of carbonyl (C=O) groups excluding carboxylic acids is 1. The SMILES string of the molecule is CCCNNC(=O)[C@@]1(Cc2ccccc2Br)N=C(c2ccc(OCCCO)cc2)O[C@H]1c1ccccc1N=[N+]=[N-]. The Kier molecular flexibility index (Phi) is 10.2. The fraction of sp³-hybridized carbons (Fsp3) is 0.310. The number of ether oxygens (including phenoxy) is 2. The minimum Gasteiger partial charge on any atom is -0.494 e. The zero-order chi connectivity index (χ0) is 28.4. The fourth-order valence-corrected chi connectivity index (χ4v) is 4.84. The summed E-state index contributed by atoms with van der Waals surface area (Å²) in [5.41, 5.74) is 16.0. The highest BCUT2D eigenvalue weighted by molar-refractivity contribution is 9.10. The molecular formula is C29H31BrN6O4. The number of halogens is 1. The molecule has 2 atom stereocenters. The lowest BCUT2D eigenvalue weighted by atomic mass is 9.81. The molecule has 3 aromatic rings. The summed E-state index contributed by atoms with van der Waals surface area (Å²) in [5, 5.41) is 12.9. The summed E-state index contributed by atoms with van der Waals surface area (Å²) >= 11 is 3.62. The van der Waals surface area contributed by atoms with Crippen LogP contribution in [0.15, 0.2) is 87.4 Å². The van der Waals surface area contributed by atoms with Crippen LogP contribution in [0.5, 0.6) is 5.75 Å². The number of hydrogen-bond acceptors (Lipinski definition) is 7. The number of aliphatic hydroxyl groups is 1. The van der Waals surface area contributed by atoms with Gasteiger partial charge in [0.25, 0.3) is 5.91 Å². The number of azide groups is 1. The predicted octanol–water partition coefficient (Wildman–Crippen LogP) is 5.68. The van der Waals surface area contributed by atoms with Crippen LogP contribution < -0.4 is 15.6 Å². The molecule has 0 spiro atoms. The third-order valence-electron chi connectivity index (χ3n) is 6.40. The van der Waals surface area contributed by atoms with Crippen LogP contribution in [0.1, 0.15) is 42.6 Å². The van der Waals surface area contributed by atoms with Crippen molar-refractivity contribution in [1.82, 2.24) is 10.9 Å². The van der Waals surface area contributed by atoms with Gasteiger partial charge in [0, 0.05) is 52.2 Å². The van der Waals surface area contributed by atoms with Crippen LogP contribution in [0, 0.1) is 0 Å². The first-order valence-electron chi connectivity index (χ1n) is 13.0. The quantitative estimate of drug-likeness (QED) is 0.0754. The van der Waals surface area contributed by atoms with Crippen LogP contribution in [0.2, 0.25) is 0 Å². The van der Waals surface area contributed by atoms with Crippen LogP contribution in [0.25, 0.3) is 10.4 Å². The van der Waals surface area contributed by atoms with Gasteiger partial charge in [-0.05, 0) is 47.8 Å². The number of nitrogens with zero attached hydrogens (tertiary/aromatic N) is 4. The Hall–Kier alpha value is -3.89. The smallest absolute Gasteiger partial charge is 0.266 e. The molecular weight excluding hydrogens is 576 g/mol. The van der Waals surface area contributed by atoms with Gasteiger partial charge in [0.1, 0.15) is 5.75 Å². The lowest BCUT2D eigenvalue weighted by Gasteiger charge is -2.31. The van der Waals surface area contributed by atoms with Gasteiger partial charge in [-0.25, -0.2) is 10.4 Å². The van der Waals surface area contributed by atoms with Crippen molar-refractivity contribution in [2.75, 3.05) is 19.8 Å². The minimum atomic E-state index is -1.45. The topological polar surface area (TPSA) is 141 Å². The zero-order valence-corrected chi connectivity index (χ0v) is 23.7. The molecule has 1 aliphatic heterocycles. The molecule has 3 aromatic carbocycles. The maximum Gasteiger partial charge on any atom is 0.266 e. The molecule has 1 amide bonds. The van der Waals surface area contributed by atoms with E-state index in [0.717, 1.165) is 16.5 Å². The summed E-state index contributed by atoms with van der Waals surface area (Å²) in [5.74, 6) is 0.541. The van der Waals surface area contributed by atoms with Crippen LogP contribution >= 0.6 is 15.9 Å². The molecule has 0 fully saturated rings. The molecule has 40 heavy (non-hydrogen) atoms. The van der Waals surface area contributed by atoms with E-state index in [1.54, 1.807) is 30.3 Å². The third-order valence-corrected chi connectivity index (χ3v) is 7.17. The summed E-state index contributed by atoms with van der Waals surface area (Å²) in [4.78, 5) is 22.0. The number of nitrogens with one attached hydrogen (secondary N) is 2. The molecule has 0 saturated heterocycles. The first-order valence-corrected chi connectivity index (χ1v) is 13.8. The van der Waals surface area contributed by atoms with Crippen LogP contribution in [-0.2, 0) is 16.0 Å². The number of amides is 1. The van der Waals surface area contributed by atoms with Gasteiger partial charge in [-0.2, -0.15) is 0 Å². The van der Waals surface area contributed by atoms with Crippen molar-refractivity contribution < 1.29 is 19.4 Å². The summed E-state index contributed by atoms with van der Waals surface area (Å²) in [6.07, 6.45) is 0.649.